The summed E-state index contributed by atoms with van der Waals surface area (Å²) in [5.74, 6) is -0.503. The Bertz CT molecular complexity index is 1870. The van der Waals surface area contributed by atoms with E-state index in [1.807, 2.05) is 48.7 Å². The van der Waals surface area contributed by atoms with Gasteiger partial charge in [0.1, 0.15) is 11.7 Å². The van der Waals surface area contributed by atoms with Crippen LogP contribution >= 0.6 is 34.9 Å². The molecule has 0 saturated heterocycles. The molecule has 1 aliphatic heterocycles. The van der Waals surface area contributed by atoms with Crippen molar-refractivity contribution in [3.8, 4) is 0 Å². The molecule has 0 amide bonds. The summed E-state index contributed by atoms with van der Waals surface area (Å²) in [6.07, 6.45) is 6.17. The summed E-state index contributed by atoms with van der Waals surface area (Å²) < 4.78 is 37.3. The molecule has 1 aliphatic rings. The average molecular weight is 564 g/mol. The number of allylic oxidation sites excluding steroid dienone is 1. The van der Waals surface area contributed by atoms with Crippen molar-refractivity contribution < 1.29 is 17.5 Å². The first kappa shape index (κ1) is 24.5. The summed E-state index contributed by atoms with van der Waals surface area (Å²) in [7, 11) is -2.17. The van der Waals surface area contributed by atoms with Crippen LogP contribution in [-0.2, 0) is 17.2 Å². The Morgan fingerprint density at radius 1 is 1.00 bits per heavy atom. The van der Waals surface area contributed by atoms with Gasteiger partial charge in [0.25, 0.3) is 15.1 Å². The monoisotopic (exact) mass is 563 g/mol. The number of hydrogen-bond acceptors (Lipinski definition) is 6. The van der Waals surface area contributed by atoms with Crippen molar-refractivity contribution in [3.05, 3.63) is 93.8 Å². The van der Waals surface area contributed by atoms with Gasteiger partial charge in [0.05, 0.1) is 16.1 Å². The quantitative estimate of drug-likeness (QED) is 0.183. The summed E-state index contributed by atoms with van der Waals surface area (Å²) in [6, 6.07) is 24.7. The Balaban J connectivity index is 1.47. The minimum Gasteiger partial charge on any atom is -0.317 e. The highest BCUT2D eigenvalue weighted by molar-refractivity contribution is 8.04. The Morgan fingerprint density at radius 3 is 2.41 bits per heavy atom. The summed E-state index contributed by atoms with van der Waals surface area (Å²) in [5, 5.41) is 6.26. The van der Waals surface area contributed by atoms with E-state index < -0.39 is 16.0 Å². The Kier molecular flexibility index (Phi) is 6.29. The SMILES string of the molecule is CSC(=Cc1sc2ccc3ccccc3c2[n+]1C)C=C1Sc2ccc3ccccc3c2N1CS(=O)(=O)O. The number of nitrogens with zero attached hydrogens (tertiary/aromatic N) is 2. The lowest BCUT2D eigenvalue weighted by molar-refractivity contribution is -0.641. The molecule has 0 fully saturated rings. The van der Waals surface area contributed by atoms with Gasteiger partial charge in [0, 0.05) is 21.3 Å². The van der Waals surface area contributed by atoms with Crippen molar-refractivity contribution in [3.63, 3.8) is 0 Å². The minimum atomic E-state index is -4.25. The summed E-state index contributed by atoms with van der Waals surface area (Å²) in [5.41, 5.74) is 2.01. The number of anilines is 1. The van der Waals surface area contributed by atoms with Gasteiger partial charge in [-0.3, -0.25) is 4.55 Å². The van der Waals surface area contributed by atoms with E-state index in [1.165, 1.54) is 32.8 Å². The molecule has 0 saturated carbocycles. The van der Waals surface area contributed by atoms with Crippen LogP contribution in [0, 0.1) is 0 Å². The van der Waals surface area contributed by atoms with Crippen LogP contribution in [0.2, 0.25) is 0 Å². The van der Waals surface area contributed by atoms with Crippen LogP contribution in [-0.4, -0.2) is 25.1 Å². The third-order valence-electron chi connectivity index (χ3n) is 6.42. The maximum absolute atomic E-state index is 12.0. The molecule has 1 N–H and O–H groups in total. The zero-order valence-corrected chi connectivity index (χ0v) is 23.3. The molecular weight excluding hydrogens is 541 g/mol. The molecule has 1 aromatic heterocycles. The number of thioether (sulfide) groups is 2. The molecule has 0 bridgehead atoms. The topological polar surface area (TPSA) is 61.5 Å². The number of aromatic nitrogens is 1. The zero-order valence-electron chi connectivity index (χ0n) is 20.1. The second kappa shape index (κ2) is 9.49. The van der Waals surface area contributed by atoms with Crippen LogP contribution in [0.5, 0.6) is 0 Å². The van der Waals surface area contributed by atoms with E-state index in [-0.39, 0.29) is 0 Å². The number of aryl methyl sites for hydroxylation is 1. The number of hydrogen-bond donors (Lipinski definition) is 1. The first-order valence-corrected chi connectivity index (χ1v) is 16.0. The van der Waals surface area contributed by atoms with Crippen LogP contribution in [0.1, 0.15) is 5.01 Å². The van der Waals surface area contributed by atoms with E-state index in [0.717, 1.165) is 36.3 Å². The third kappa shape index (κ3) is 4.55. The normalized spacial score (nSPS) is 15.4. The predicted molar refractivity (Wildman–Crippen MR) is 159 cm³/mol. The summed E-state index contributed by atoms with van der Waals surface area (Å²) in [4.78, 5) is 3.67. The Hall–Kier alpha value is -2.82. The second-order valence-corrected chi connectivity index (χ2v) is 13.2. The van der Waals surface area contributed by atoms with Gasteiger partial charge >= 0.3 is 0 Å². The minimum absolute atomic E-state index is 0.503. The van der Waals surface area contributed by atoms with Gasteiger partial charge in [0.15, 0.2) is 5.88 Å². The first-order valence-electron chi connectivity index (χ1n) is 11.5. The molecule has 0 unspecified atom stereocenters. The number of fused-ring (bicyclic) bond motifs is 6. The van der Waals surface area contributed by atoms with Gasteiger partial charge in [-0.05, 0) is 41.3 Å². The smallest absolute Gasteiger partial charge is 0.283 e. The lowest BCUT2D eigenvalue weighted by atomic mass is 10.1. The largest absolute Gasteiger partial charge is 0.317 e. The highest BCUT2D eigenvalue weighted by Crippen LogP contribution is 2.50. The van der Waals surface area contributed by atoms with Crippen molar-refractivity contribution in [2.24, 2.45) is 7.05 Å². The average Bonchev–Trinajstić information content (AvgIpc) is 3.39. The highest BCUT2D eigenvalue weighted by atomic mass is 32.2. The van der Waals surface area contributed by atoms with E-state index >= 15 is 0 Å². The molecule has 2 heterocycles. The number of rotatable bonds is 5. The van der Waals surface area contributed by atoms with Gasteiger partial charge in [-0.15, -0.1) is 11.8 Å². The maximum Gasteiger partial charge on any atom is 0.283 e. The molecule has 4 aromatic carbocycles. The fourth-order valence-corrected chi connectivity index (χ4v) is 8.29. The van der Waals surface area contributed by atoms with Crippen LogP contribution in [0.3, 0.4) is 0 Å². The van der Waals surface area contributed by atoms with Crippen LogP contribution in [0.4, 0.5) is 5.69 Å². The predicted octanol–water partition coefficient (Wildman–Crippen LogP) is 7.04. The molecule has 0 radical (unpaired) electrons. The third-order valence-corrected chi connectivity index (χ3v) is 9.96. The van der Waals surface area contributed by atoms with Crippen molar-refractivity contribution in [1.82, 2.24) is 0 Å². The molecule has 0 spiro atoms. The van der Waals surface area contributed by atoms with Crippen molar-refractivity contribution in [2.45, 2.75) is 4.90 Å². The molecule has 6 rings (SSSR count). The second-order valence-electron chi connectivity index (χ2n) is 8.74. The Labute approximate surface area is 227 Å². The lowest BCUT2D eigenvalue weighted by Gasteiger charge is -2.20. The van der Waals surface area contributed by atoms with Gasteiger partial charge < -0.3 is 4.90 Å². The Morgan fingerprint density at radius 2 is 1.68 bits per heavy atom. The van der Waals surface area contributed by atoms with E-state index in [4.69, 9.17) is 0 Å². The molecule has 0 aliphatic carbocycles. The molecule has 0 atom stereocenters. The standard InChI is InChI=1S/C28H22N2O3S4/c1-29-25(35-23-13-11-18-7-3-5-9-21(18)27(23)29)15-20(34-2)16-26-30(17-37(31,32)33)28-22-10-6-4-8-19(22)12-14-24(28)36-26/h3-16H,17H2,1-2H3/p+1. The van der Waals surface area contributed by atoms with Crippen LogP contribution in [0.15, 0.2) is 93.7 Å². The van der Waals surface area contributed by atoms with Gasteiger partial charge in [0.2, 0.25) is 5.52 Å². The van der Waals surface area contributed by atoms with Crippen molar-refractivity contribution in [2.75, 3.05) is 17.0 Å². The molecule has 5 nitrogen and oxygen atoms in total. The summed E-state index contributed by atoms with van der Waals surface area (Å²) in [6.45, 7) is 0. The number of thiazole rings is 1. The lowest BCUT2D eigenvalue weighted by Crippen LogP contribution is -2.29. The highest BCUT2D eigenvalue weighted by Gasteiger charge is 2.30. The zero-order chi connectivity index (χ0) is 25.7. The maximum atomic E-state index is 12.0. The first-order chi connectivity index (χ1) is 17.8. The van der Waals surface area contributed by atoms with E-state index in [1.54, 1.807) is 28.0 Å². The van der Waals surface area contributed by atoms with Gasteiger partial charge in [-0.25, -0.2) is 0 Å². The van der Waals surface area contributed by atoms with Gasteiger partial charge in [-0.1, -0.05) is 77.7 Å². The van der Waals surface area contributed by atoms with Crippen molar-refractivity contribution in [1.29, 1.82) is 0 Å². The molecule has 5 aromatic rings. The number of benzene rings is 4. The fraction of sp³-hybridized carbons (Fsp3) is 0.107. The fourth-order valence-electron chi connectivity index (χ4n) is 4.76. The van der Waals surface area contributed by atoms with E-state index in [9.17, 15) is 13.0 Å². The van der Waals surface area contributed by atoms with Crippen LogP contribution in [0.25, 0.3) is 37.8 Å². The molecule has 9 heteroatoms. The van der Waals surface area contributed by atoms with E-state index in [0.29, 0.717) is 0 Å². The molecule has 186 valence electrons. The van der Waals surface area contributed by atoms with Gasteiger partial charge in [-0.2, -0.15) is 13.0 Å². The van der Waals surface area contributed by atoms with Crippen molar-refractivity contribution >= 4 is 88.5 Å². The summed E-state index contributed by atoms with van der Waals surface area (Å²) >= 11 is 4.85. The van der Waals surface area contributed by atoms with Crippen LogP contribution < -0.4 is 9.47 Å². The van der Waals surface area contributed by atoms with E-state index in [2.05, 4.69) is 54.1 Å². The molecule has 37 heavy (non-hydrogen) atoms. The molecular formula is C28H23N2O3S4+.